The number of carbonyl (C=O) groups is 2. The first-order chi connectivity index (χ1) is 21.0. The van der Waals surface area contributed by atoms with E-state index in [0.29, 0.717) is 19.3 Å². The van der Waals surface area contributed by atoms with Gasteiger partial charge >= 0.3 is 270 Å². The van der Waals surface area contributed by atoms with Crippen molar-refractivity contribution in [1.82, 2.24) is 17.2 Å². The summed E-state index contributed by atoms with van der Waals surface area (Å²) in [4.78, 5) is 23.5. The zero-order valence-corrected chi connectivity index (χ0v) is 29.3. The standard InChI is InChI=1S/C34H42N4O4.ClH.Ga/c1-7-21-17(3)25-13-26-19(5)23(9-11-33(39)40)31(37-26)16-32-24(10-12-34(41)42)20(6)28(38-32)15-30-22(8-2)18(4)27(36-30)14-29(21)35-25;;/h7-8,26-27,30-31,36-37H,1-2,9-16H2,3-6H3,(H,39,40)(H,41,42);1H;/q-2;;+3/p-1. The normalized spacial score (nSPS) is 24.2. The Balaban J connectivity index is 1.67. The summed E-state index contributed by atoms with van der Waals surface area (Å²) < 4.78 is 4.96. The number of carboxylic acid groups (broad SMARTS) is 2. The molecule has 10 heteroatoms. The van der Waals surface area contributed by atoms with Crippen LogP contribution in [0.1, 0.15) is 78.1 Å². The van der Waals surface area contributed by atoms with Crippen LogP contribution in [-0.2, 0) is 41.7 Å². The second kappa shape index (κ2) is 11.9. The second-order valence-corrected chi connectivity index (χ2v) is 18.4. The van der Waals surface area contributed by atoms with E-state index in [1.807, 2.05) is 12.2 Å². The van der Waals surface area contributed by atoms with Crippen molar-refractivity contribution in [3.8, 4) is 0 Å². The molecule has 8 nitrogen and oxygen atoms in total. The van der Waals surface area contributed by atoms with Crippen LogP contribution >= 0.6 is 9.64 Å². The fourth-order valence-corrected chi connectivity index (χ4v) is 15.9. The van der Waals surface area contributed by atoms with Crippen molar-refractivity contribution in [2.45, 2.75) is 103 Å². The molecule has 0 aliphatic carbocycles. The summed E-state index contributed by atoms with van der Waals surface area (Å²) in [7, 11) is 7.93. The predicted octanol–water partition coefficient (Wildman–Crippen LogP) is 4.75. The van der Waals surface area contributed by atoms with E-state index in [1.54, 1.807) is 0 Å². The molecule has 0 spiro atoms. The van der Waals surface area contributed by atoms with Crippen LogP contribution in [0.25, 0.3) is 6.08 Å². The van der Waals surface area contributed by atoms with Gasteiger partial charge in [0.05, 0.1) is 0 Å². The number of aliphatic carboxylic acids is 2. The maximum absolute atomic E-state index is 11.9. The van der Waals surface area contributed by atoms with Gasteiger partial charge in [-0.3, -0.25) is 0 Å². The number of fused-ring (bicyclic) bond motifs is 4. The van der Waals surface area contributed by atoms with Crippen LogP contribution in [-0.4, -0.2) is 68.6 Å². The van der Waals surface area contributed by atoms with Crippen molar-refractivity contribution >= 4 is 43.4 Å². The van der Waals surface area contributed by atoms with Crippen LogP contribution in [0.5, 0.6) is 0 Å². The van der Waals surface area contributed by atoms with E-state index in [9.17, 15) is 19.8 Å². The van der Waals surface area contributed by atoms with Crippen molar-refractivity contribution in [2.75, 3.05) is 0 Å². The molecule has 4 unspecified atom stereocenters. The molecule has 6 heterocycles. The number of carboxylic acids is 2. The van der Waals surface area contributed by atoms with E-state index in [1.165, 1.54) is 39.4 Å². The van der Waals surface area contributed by atoms with Crippen LogP contribution in [0.2, 0.25) is 0 Å². The Morgan fingerprint density at radius 3 is 2.00 bits per heavy atom. The topological polar surface area (TPSA) is 109 Å². The Morgan fingerprint density at radius 2 is 1.34 bits per heavy atom. The summed E-state index contributed by atoms with van der Waals surface area (Å²) >= 11 is -3.13. The van der Waals surface area contributed by atoms with Gasteiger partial charge in [0.1, 0.15) is 0 Å². The third-order valence-electron chi connectivity index (χ3n) is 10.8. The number of aromatic nitrogens is 2. The Labute approximate surface area is 269 Å². The molecule has 2 aromatic heterocycles. The van der Waals surface area contributed by atoms with E-state index in [2.05, 4.69) is 58.0 Å². The van der Waals surface area contributed by atoms with Crippen molar-refractivity contribution in [2.24, 2.45) is 0 Å². The van der Waals surface area contributed by atoms with Gasteiger partial charge in [-0.05, 0) is 0 Å². The van der Waals surface area contributed by atoms with Crippen molar-refractivity contribution in [3.05, 3.63) is 86.6 Å². The molecule has 4 aliphatic heterocycles. The van der Waals surface area contributed by atoms with E-state index in [0.717, 1.165) is 47.2 Å². The molecule has 0 amide bonds. The van der Waals surface area contributed by atoms with Crippen LogP contribution in [0.3, 0.4) is 0 Å². The van der Waals surface area contributed by atoms with E-state index < -0.39 is 27.6 Å². The molecular formula is C34H42ClGaN4O4. The van der Waals surface area contributed by atoms with Crippen molar-refractivity contribution in [3.63, 3.8) is 0 Å². The van der Waals surface area contributed by atoms with Gasteiger partial charge in [-0.15, -0.1) is 0 Å². The molecule has 6 bridgehead atoms. The van der Waals surface area contributed by atoms with Gasteiger partial charge in [0, 0.05) is 0 Å². The molecule has 4 aliphatic rings. The van der Waals surface area contributed by atoms with Gasteiger partial charge < -0.3 is 0 Å². The average Bonchev–Trinajstić information content (AvgIpc) is 3.60. The molecule has 0 fully saturated rings. The third-order valence-corrected chi connectivity index (χ3v) is 17.2. The SMILES string of the molecule is C=CC1=C(C)C2Cc3c(C=C)c(C)c4[n]3[Ga]([Cl])[n]3c(c(C)c(CCC(=O)O)c3CC3NC(C4)C(C)=C3CCC(=O)O)CC1N2. The fourth-order valence-electron chi connectivity index (χ4n) is 8.49. The molecule has 0 saturated heterocycles. The average molecular weight is 676 g/mol. The Hall–Kier alpha value is -2.69. The molecule has 0 radical (unpaired) electrons. The van der Waals surface area contributed by atoms with Gasteiger partial charge in [-0.25, -0.2) is 0 Å². The summed E-state index contributed by atoms with van der Waals surface area (Å²) in [6.45, 7) is 17.1. The first-order valence-corrected chi connectivity index (χ1v) is 21.0. The van der Waals surface area contributed by atoms with E-state index in [4.69, 9.17) is 9.64 Å². The zero-order valence-electron chi connectivity index (χ0n) is 26.1. The second-order valence-electron chi connectivity index (χ2n) is 12.9. The van der Waals surface area contributed by atoms with Crippen LogP contribution in [0.4, 0.5) is 0 Å². The molecular weight excluding hydrogens is 634 g/mol. The van der Waals surface area contributed by atoms with Gasteiger partial charge in [0.25, 0.3) is 0 Å². The minimum absolute atomic E-state index is 0.0389. The van der Waals surface area contributed by atoms with Gasteiger partial charge in [-0.1, -0.05) is 0 Å². The van der Waals surface area contributed by atoms with Crippen LogP contribution in [0.15, 0.2) is 41.5 Å². The summed E-state index contributed by atoms with van der Waals surface area (Å²) in [5, 5.41) is 27.2. The minimum atomic E-state index is -3.13. The molecule has 2 aromatic rings. The number of nitrogens with zero attached hydrogens (tertiary/aromatic N) is 2. The van der Waals surface area contributed by atoms with E-state index in [-0.39, 0.29) is 37.0 Å². The predicted molar refractivity (Wildman–Crippen MR) is 175 cm³/mol. The fraction of sp³-hybridized carbons (Fsp3) is 0.471. The monoisotopic (exact) mass is 674 g/mol. The van der Waals surface area contributed by atoms with Crippen LogP contribution in [0, 0.1) is 13.8 Å². The molecule has 44 heavy (non-hydrogen) atoms. The quantitative estimate of drug-likeness (QED) is 0.238. The van der Waals surface area contributed by atoms with E-state index >= 15 is 0 Å². The number of hydrogen-bond donors (Lipinski definition) is 4. The van der Waals surface area contributed by atoms with Gasteiger partial charge in [0.15, 0.2) is 0 Å². The van der Waals surface area contributed by atoms with Crippen molar-refractivity contribution in [1.29, 1.82) is 0 Å². The maximum atomic E-state index is 11.9. The number of nitrogens with one attached hydrogen (secondary N) is 2. The zero-order chi connectivity index (χ0) is 31.6. The Morgan fingerprint density at radius 1 is 0.795 bits per heavy atom. The molecule has 232 valence electrons. The number of hydrogen-bond acceptors (Lipinski definition) is 4. The number of rotatable bonds is 8. The molecule has 4 atom stereocenters. The van der Waals surface area contributed by atoms with Gasteiger partial charge in [0.2, 0.25) is 0 Å². The first kappa shape index (κ1) is 31.3. The first-order valence-electron chi connectivity index (χ1n) is 15.6. The Bertz CT molecular complexity index is 1660. The molecule has 6 rings (SSSR count). The molecule has 0 saturated carbocycles. The Kier molecular flexibility index (Phi) is 8.47. The third kappa shape index (κ3) is 5.01. The van der Waals surface area contributed by atoms with Crippen molar-refractivity contribution < 1.29 is 19.8 Å². The molecule has 0 aromatic carbocycles. The summed E-state index contributed by atoms with van der Waals surface area (Å²) in [5.41, 5.74) is 14.2. The summed E-state index contributed by atoms with van der Waals surface area (Å²) in [5.74, 6) is -1.62. The van der Waals surface area contributed by atoms with Gasteiger partial charge in [-0.2, -0.15) is 0 Å². The summed E-state index contributed by atoms with van der Waals surface area (Å²) in [6.07, 6.45) is 7.97. The molecule has 4 N–H and O–H groups in total. The number of halogens is 1. The summed E-state index contributed by atoms with van der Waals surface area (Å²) in [6, 6.07) is 0.259. The van der Waals surface area contributed by atoms with Crippen LogP contribution < -0.4 is 10.6 Å².